The van der Waals surface area contributed by atoms with E-state index in [0.717, 1.165) is 12.5 Å². The highest BCUT2D eigenvalue weighted by Gasteiger charge is 2.29. The normalized spacial score (nSPS) is 18.9. The first kappa shape index (κ1) is 8.75. The monoisotopic (exact) mass is 179 g/mol. The van der Waals surface area contributed by atoms with Gasteiger partial charge in [0.25, 0.3) is 0 Å². The summed E-state index contributed by atoms with van der Waals surface area (Å²) in [5.41, 5.74) is 1.27. The molecule has 1 aliphatic carbocycles. The molecule has 1 aliphatic rings. The van der Waals surface area contributed by atoms with Gasteiger partial charge in [-0.25, -0.2) is 0 Å². The fourth-order valence-corrected chi connectivity index (χ4v) is 1.69. The number of hydrogen-bond donors (Lipinski definition) is 1. The molecule has 1 unspecified atom stereocenters. The Hall–Kier alpha value is -0.830. The minimum atomic E-state index is 0.589. The van der Waals surface area contributed by atoms with Crippen LogP contribution < -0.4 is 5.32 Å². The predicted octanol–water partition coefficient (Wildman–Crippen LogP) is 1.57. The molecule has 72 valence electrons. The van der Waals surface area contributed by atoms with Crippen LogP contribution in [0.3, 0.4) is 0 Å². The minimum Gasteiger partial charge on any atom is -0.316 e. The van der Waals surface area contributed by atoms with Crippen LogP contribution in [-0.4, -0.2) is 16.8 Å². The van der Waals surface area contributed by atoms with Gasteiger partial charge >= 0.3 is 0 Å². The second kappa shape index (κ2) is 3.50. The van der Waals surface area contributed by atoms with Crippen molar-refractivity contribution in [1.82, 2.24) is 15.1 Å². The van der Waals surface area contributed by atoms with Crippen LogP contribution in [0.5, 0.6) is 0 Å². The van der Waals surface area contributed by atoms with Gasteiger partial charge in [-0.2, -0.15) is 5.10 Å². The Bertz CT molecular complexity index is 275. The third kappa shape index (κ3) is 1.91. The molecular formula is C10H17N3. The van der Waals surface area contributed by atoms with Gasteiger partial charge in [0.2, 0.25) is 0 Å². The summed E-state index contributed by atoms with van der Waals surface area (Å²) in [7, 11) is 1.96. The molecule has 0 spiro atoms. The van der Waals surface area contributed by atoms with Crippen LogP contribution in [0.15, 0.2) is 12.4 Å². The minimum absolute atomic E-state index is 0.589. The summed E-state index contributed by atoms with van der Waals surface area (Å²) in [6, 6.07) is 0.589. The summed E-state index contributed by atoms with van der Waals surface area (Å²) < 4.78 is 2.10. The van der Waals surface area contributed by atoms with E-state index in [0.29, 0.717) is 6.04 Å². The van der Waals surface area contributed by atoms with Crippen molar-refractivity contribution in [3.63, 3.8) is 0 Å². The van der Waals surface area contributed by atoms with E-state index in [2.05, 4.69) is 28.2 Å². The third-order valence-corrected chi connectivity index (χ3v) is 2.76. The Morgan fingerprint density at radius 2 is 2.46 bits per heavy atom. The van der Waals surface area contributed by atoms with Crippen LogP contribution in [0.25, 0.3) is 0 Å². The Morgan fingerprint density at radius 1 is 1.69 bits per heavy atom. The molecule has 1 atom stereocenters. The molecule has 1 N–H and O–H groups in total. The van der Waals surface area contributed by atoms with Crippen molar-refractivity contribution in [1.29, 1.82) is 0 Å². The molecule has 2 rings (SSSR count). The van der Waals surface area contributed by atoms with E-state index in [-0.39, 0.29) is 0 Å². The summed E-state index contributed by atoms with van der Waals surface area (Å²) in [6.07, 6.45) is 6.86. The topological polar surface area (TPSA) is 29.9 Å². The quantitative estimate of drug-likeness (QED) is 0.760. The third-order valence-electron chi connectivity index (χ3n) is 2.76. The Kier molecular flexibility index (Phi) is 2.36. The first-order chi connectivity index (χ1) is 6.31. The zero-order chi connectivity index (χ0) is 9.26. The summed E-state index contributed by atoms with van der Waals surface area (Å²) in [5.74, 6) is 0.877. The van der Waals surface area contributed by atoms with E-state index in [9.17, 15) is 0 Å². The lowest BCUT2D eigenvalue weighted by molar-refractivity contribution is 0.439. The fourth-order valence-electron chi connectivity index (χ4n) is 1.69. The summed E-state index contributed by atoms with van der Waals surface area (Å²) >= 11 is 0. The standard InChI is InChI=1S/C10H17N3/c1-8(10-3-4-10)13-7-9(5-11-2)6-12-13/h6-8,10-11H,3-5H2,1-2H3. The van der Waals surface area contributed by atoms with Crippen LogP contribution in [0.2, 0.25) is 0 Å². The van der Waals surface area contributed by atoms with Gasteiger partial charge in [0.05, 0.1) is 12.2 Å². The second-order valence-electron chi connectivity index (χ2n) is 3.94. The molecule has 13 heavy (non-hydrogen) atoms. The smallest absolute Gasteiger partial charge is 0.0534 e. The molecule has 3 heteroatoms. The number of nitrogens with zero attached hydrogens (tertiary/aromatic N) is 2. The summed E-state index contributed by atoms with van der Waals surface area (Å²) in [4.78, 5) is 0. The molecule has 1 fully saturated rings. The molecule has 0 aromatic carbocycles. The molecule has 0 amide bonds. The van der Waals surface area contributed by atoms with Gasteiger partial charge in [-0.3, -0.25) is 4.68 Å². The SMILES string of the molecule is CNCc1cnn(C(C)C2CC2)c1. The fraction of sp³-hybridized carbons (Fsp3) is 0.700. The van der Waals surface area contributed by atoms with Crippen molar-refractivity contribution in [2.45, 2.75) is 32.4 Å². The van der Waals surface area contributed by atoms with Crippen LogP contribution in [0, 0.1) is 5.92 Å². The second-order valence-corrected chi connectivity index (χ2v) is 3.94. The zero-order valence-electron chi connectivity index (χ0n) is 8.33. The highest BCUT2D eigenvalue weighted by Crippen LogP contribution is 2.38. The van der Waals surface area contributed by atoms with Crippen molar-refractivity contribution in [2.24, 2.45) is 5.92 Å². The molecule has 0 radical (unpaired) electrons. The molecule has 1 heterocycles. The molecule has 1 aromatic rings. The lowest BCUT2D eigenvalue weighted by Gasteiger charge is -2.09. The van der Waals surface area contributed by atoms with Crippen LogP contribution in [0.4, 0.5) is 0 Å². The van der Waals surface area contributed by atoms with Crippen molar-refractivity contribution in [3.8, 4) is 0 Å². The average molecular weight is 179 g/mol. The maximum absolute atomic E-state index is 4.37. The predicted molar refractivity (Wildman–Crippen MR) is 52.4 cm³/mol. The van der Waals surface area contributed by atoms with Crippen LogP contribution >= 0.6 is 0 Å². The van der Waals surface area contributed by atoms with Crippen LogP contribution in [-0.2, 0) is 6.54 Å². The van der Waals surface area contributed by atoms with Gasteiger partial charge in [-0.1, -0.05) is 0 Å². The Labute approximate surface area is 79.1 Å². The maximum Gasteiger partial charge on any atom is 0.0534 e. The van der Waals surface area contributed by atoms with Gasteiger partial charge in [0.15, 0.2) is 0 Å². The molecular weight excluding hydrogens is 162 g/mol. The van der Waals surface area contributed by atoms with Crippen molar-refractivity contribution in [3.05, 3.63) is 18.0 Å². The van der Waals surface area contributed by atoms with Crippen molar-refractivity contribution in [2.75, 3.05) is 7.05 Å². The largest absolute Gasteiger partial charge is 0.316 e. The highest BCUT2D eigenvalue weighted by atomic mass is 15.3. The lowest BCUT2D eigenvalue weighted by atomic mass is 10.2. The van der Waals surface area contributed by atoms with E-state index >= 15 is 0 Å². The van der Waals surface area contributed by atoms with E-state index in [1.807, 2.05) is 13.2 Å². The number of aromatic nitrogens is 2. The zero-order valence-corrected chi connectivity index (χ0v) is 8.33. The molecule has 0 aliphatic heterocycles. The molecule has 0 saturated heterocycles. The van der Waals surface area contributed by atoms with Crippen molar-refractivity contribution >= 4 is 0 Å². The summed E-state index contributed by atoms with van der Waals surface area (Å²) in [5, 5.41) is 7.50. The molecule has 1 saturated carbocycles. The molecule has 1 aromatic heterocycles. The first-order valence-corrected chi connectivity index (χ1v) is 4.99. The lowest BCUT2D eigenvalue weighted by Crippen LogP contribution is -2.08. The van der Waals surface area contributed by atoms with Gasteiger partial charge in [0.1, 0.15) is 0 Å². The van der Waals surface area contributed by atoms with E-state index in [1.54, 1.807) is 0 Å². The summed E-state index contributed by atoms with van der Waals surface area (Å²) in [6.45, 7) is 3.17. The van der Waals surface area contributed by atoms with E-state index in [4.69, 9.17) is 0 Å². The number of nitrogens with one attached hydrogen (secondary N) is 1. The average Bonchev–Trinajstić information content (AvgIpc) is 2.87. The van der Waals surface area contributed by atoms with Gasteiger partial charge in [0, 0.05) is 18.3 Å². The van der Waals surface area contributed by atoms with Gasteiger partial charge in [-0.15, -0.1) is 0 Å². The molecule has 0 bridgehead atoms. The molecule has 3 nitrogen and oxygen atoms in total. The highest BCUT2D eigenvalue weighted by molar-refractivity contribution is 5.04. The number of rotatable bonds is 4. The first-order valence-electron chi connectivity index (χ1n) is 4.99. The van der Waals surface area contributed by atoms with Gasteiger partial charge < -0.3 is 5.32 Å². The van der Waals surface area contributed by atoms with Crippen LogP contribution in [0.1, 0.15) is 31.4 Å². The van der Waals surface area contributed by atoms with E-state index in [1.165, 1.54) is 18.4 Å². The van der Waals surface area contributed by atoms with E-state index < -0.39 is 0 Å². The Morgan fingerprint density at radius 3 is 3.08 bits per heavy atom. The maximum atomic E-state index is 4.37. The van der Waals surface area contributed by atoms with Crippen molar-refractivity contribution < 1.29 is 0 Å². The Balaban J connectivity index is 2.03. The number of hydrogen-bond acceptors (Lipinski definition) is 2. The van der Waals surface area contributed by atoms with Gasteiger partial charge in [-0.05, 0) is 32.7 Å².